The average molecular weight is 198 g/mol. The molecule has 0 aliphatic carbocycles. The van der Waals surface area contributed by atoms with E-state index in [1.54, 1.807) is 0 Å². The van der Waals surface area contributed by atoms with E-state index >= 15 is 0 Å². The molecule has 0 spiro atoms. The Morgan fingerprint density at radius 2 is 2.13 bits per heavy atom. The maximum absolute atomic E-state index is 4.48. The number of hydrogen-bond donors (Lipinski definition) is 0. The zero-order valence-corrected chi connectivity index (χ0v) is 9.07. The molecular formula is C13H14N2. The van der Waals surface area contributed by atoms with E-state index in [1.807, 2.05) is 6.21 Å². The van der Waals surface area contributed by atoms with Crippen LogP contribution in [0.15, 0.2) is 29.4 Å². The van der Waals surface area contributed by atoms with Crippen LogP contribution in [-0.2, 0) is 0 Å². The Hall–Kier alpha value is -1.57. The SMILES string of the molecule is Cc1c2n(c3ccccc13)N=CCC2C. The summed E-state index contributed by atoms with van der Waals surface area (Å²) in [5, 5.41) is 5.82. The third-order valence-corrected chi connectivity index (χ3v) is 3.27. The Morgan fingerprint density at radius 3 is 3.00 bits per heavy atom. The van der Waals surface area contributed by atoms with Crippen LogP contribution >= 0.6 is 0 Å². The van der Waals surface area contributed by atoms with Gasteiger partial charge in [0.2, 0.25) is 0 Å². The predicted molar refractivity (Wildman–Crippen MR) is 63.6 cm³/mol. The van der Waals surface area contributed by atoms with E-state index in [-0.39, 0.29) is 0 Å². The first kappa shape index (κ1) is 8.72. The second-order valence-corrected chi connectivity index (χ2v) is 4.27. The third kappa shape index (κ3) is 1.08. The normalized spacial score (nSPS) is 19.5. The van der Waals surface area contributed by atoms with E-state index < -0.39 is 0 Å². The smallest absolute Gasteiger partial charge is 0.0724 e. The molecule has 76 valence electrons. The summed E-state index contributed by atoms with van der Waals surface area (Å²) in [6, 6.07) is 8.49. The quantitative estimate of drug-likeness (QED) is 0.618. The minimum Gasteiger partial charge on any atom is -0.237 e. The molecule has 0 amide bonds. The zero-order chi connectivity index (χ0) is 10.4. The lowest BCUT2D eigenvalue weighted by Gasteiger charge is -2.16. The van der Waals surface area contributed by atoms with Crippen LogP contribution in [0.3, 0.4) is 0 Å². The first-order chi connectivity index (χ1) is 7.29. The highest BCUT2D eigenvalue weighted by molar-refractivity contribution is 5.86. The highest BCUT2D eigenvalue weighted by atomic mass is 15.4. The lowest BCUT2D eigenvalue weighted by atomic mass is 10.00. The summed E-state index contributed by atoms with van der Waals surface area (Å²) in [5.41, 5.74) is 3.99. The van der Waals surface area contributed by atoms with Crippen molar-refractivity contribution in [3.8, 4) is 0 Å². The standard InChI is InChI=1S/C13H14N2/c1-9-7-8-14-15-12-6-4-3-5-11(12)10(2)13(9)15/h3-6,8-9H,7H2,1-2H3. The molecule has 1 atom stereocenters. The molecule has 1 unspecified atom stereocenters. The van der Waals surface area contributed by atoms with E-state index in [0.29, 0.717) is 5.92 Å². The van der Waals surface area contributed by atoms with Gasteiger partial charge in [-0.3, -0.25) is 0 Å². The highest BCUT2D eigenvalue weighted by Gasteiger charge is 2.20. The van der Waals surface area contributed by atoms with Crippen LogP contribution in [-0.4, -0.2) is 10.9 Å². The van der Waals surface area contributed by atoms with Gasteiger partial charge in [-0.05, 0) is 25.0 Å². The van der Waals surface area contributed by atoms with Gasteiger partial charge in [0.25, 0.3) is 0 Å². The van der Waals surface area contributed by atoms with Gasteiger partial charge in [0.15, 0.2) is 0 Å². The molecule has 0 saturated carbocycles. The summed E-state index contributed by atoms with van der Waals surface area (Å²) in [6.07, 6.45) is 3.07. The van der Waals surface area contributed by atoms with E-state index in [1.165, 1.54) is 22.2 Å². The van der Waals surface area contributed by atoms with E-state index in [2.05, 4.69) is 47.9 Å². The molecule has 15 heavy (non-hydrogen) atoms. The van der Waals surface area contributed by atoms with Crippen molar-refractivity contribution < 1.29 is 0 Å². The molecule has 0 saturated heterocycles. The largest absolute Gasteiger partial charge is 0.237 e. The average Bonchev–Trinajstić information content (AvgIpc) is 2.55. The number of fused-ring (bicyclic) bond motifs is 3. The maximum atomic E-state index is 4.48. The van der Waals surface area contributed by atoms with Crippen molar-refractivity contribution in [2.24, 2.45) is 5.10 Å². The van der Waals surface area contributed by atoms with Crippen LogP contribution in [0.2, 0.25) is 0 Å². The first-order valence-electron chi connectivity index (χ1n) is 5.42. The van der Waals surface area contributed by atoms with Gasteiger partial charge in [-0.25, -0.2) is 4.68 Å². The zero-order valence-electron chi connectivity index (χ0n) is 9.07. The summed E-state index contributed by atoms with van der Waals surface area (Å²) < 4.78 is 2.10. The number of aromatic nitrogens is 1. The van der Waals surface area contributed by atoms with Gasteiger partial charge in [0, 0.05) is 23.2 Å². The molecule has 0 bridgehead atoms. The van der Waals surface area contributed by atoms with Crippen molar-refractivity contribution in [1.29, 1.82) is 0 Å². The summed E-state index contributed by atoms with van der Waals surface area (Å²) in [4.78, 5) is 0. The van der Waals surface area contributed by atoms with Gasteiger partial charge >= 0.3 is 0 Å². The fourth-order valence-corrected chi connectivity index (χ4v) is 2.50. The second kappa shape index (κ2) is 2.96. The molecule has 1 aliphatic rings. The Labute approximate surface area is 89.2 Å². The molecule has 3 rings (SSSR count). The Bertz CT molecular complexity index is 549. The molecule has 1 aliphatic heterocycles. The summed E-state index contributed by atoms with van der Waals surface area (Å²) in [7, 11) is 0. The predicted octanol–water partition coefficient (Wildman–Crippen LogP) is 3.29. The monoisotopic (exact) mass is 198 g/mol. The fraction of sp³-hybridized carbons (Fsp3) is 0.308. The van der Waals surface area contributed by atoms with E-state index in [4.69, 9.17) is 0 Å². The van der Waals surface area contributed by atoms with Crippen LogP contribution in [0.1, 0.15) is 30.5 Å². The van der Waals surface area contributed by atoms with Crippen LogP contribution in [0, 0.1) is 6.92 Å². The van der Waals surface area contributed by atoms with Gasteiger partial charge in [-0.15, -0.1) is 0 Å². The third-order valence-electron chi connectivity index (χ3n) is 3.27. The number of nitrogens with zero attached hydrogens (tertiary/aromatic N) is 2. The lowest BCUT2D eigenvalue weighted by molar-refractivity contribution is 0.678. The van der Waals surface area contributed by atoms with E-state index in [9.17, 15) is 0 Å². The van der Waals surface area contributed by atoms with Gasteiger partial charge < -0.3 is 0 Å². The summed E-state index contributed by atoms with van der Waals surface area (Å²) >= 11 is 0. The summed E-state index contributed by atoms with van der Waals surface area (Å²) in [6.45, 7) is 4.47. The van der Waals surface area contributed by atoms with Crippen LogP contribution < -0.4 is 0 Å². The number of hydrogen-bond acceptors (Lipinski definition) is 1. The van der Waals surface area contributed by atoms with Crippen molar-refractivity contribution in [1.82, 2.24) is 4.68 Å². The molecule has 2 heterocycles. The summed E-state index contributed by atoms with van der Waals surface area (Å²) in [5.74, 6) is 0.579. The Morgan fingerprint density at radius 1 is 1.33 bits per heavy atom. The molecule has 0 fully saturated rings. The van der Waals surface area contributed by atoms with Gasteiger partial charge in [-0.2, -0.15) is 5.10 Å². The minimum absolute atomic E-state index is 0.579. The van der Waals surface area contributed by atoms with Gasteiger partial charge in [0.05, 0.1) is 5.52 Å². The minimum atomic E-state index is 0.579. The Balaban J connectivity index is 2.46. The fourth-order valence-electron chi connectivity index (χ4n) is 2.50. The highest BCUT2D eigenvalue weighted by Crippen LogP contribution is 2.33. The maximum Gasteiger partial charge on any atom is 0.0724 e. The van der Waals surface area contributed by atoms with Gasteiger partial charge in [0.1, 0.15) is 0 Å². The van der Waals surface area contributed by atoms with Gasteiger partial charge in [-0.1, -0.05) is 25.1 Å². The molecule has 2 nitrogen and oxygen atoms in total. The van der Waals surface area contributed by atoms with Crippen molar-refractivity contribution in [3.05, 3.63) is 35.5 Å². The molecular weight excluding hydrogens is 184 g/mol. The van der Waals surface area contributed by atoms with Crippen molar-refractivity contribution in [3.63, 3.8) is 0 Å². The number of rotatable bonds is 0. The molecule has 2 aromatic rings. The van der Waals surface area contributed by atoms with Crippen LogP contribution in [0.4, 0.5) is 0 Å². The molecule has 1 aromatic carbocycles. The second-order valence-electron chi connectivity index (χ2n) is 4.27. The topological polar surface area (TPSA) is 17.3 Å². The van der Waals surface area contributed by atoms with Crippen molar-refractivity contribution >= 4 is 17.1 Å². The van der Waals surface area contributed by atoms with Crippen molar-refractivity contribution in [2.75, 3.05) is 0 Å². The molecule has 2 heteroatoms. The number of aryl methyl sites for hydroxylation is 1. The molecule has 0 radical (unpaired) electrons. The Kier molecular flexibility index (Phi) is 1.72. The molecule has 1 aromatic heterocycles. The van der Waals surface area contributed by atoms with Crippen LogP contribution in [0.25, 0.3) is 10.9 Å². The number of benzene rings is 1. The van der Waals surface area contributed by atoms with Crippen molar-refractivity contribution in [2.45, 2.75) is 26.2 Å². The molecule has 0 N–H and O–H groups in total. The first-order valence-corrected chi connectivity index (χ1v) is 5.42. The van der Waals surface area contributed by atoms with E-state index in [0.717, 1.165) is 6.42 Å². The van der Waals surface area contributed by atoms with Crippen LogP contribution in [0.5, 0.6) is 0 Å². The lowest BCUT2D eigenvalue weighted by Crippen LogP contribution is -2.08. The number of para-hydroxylation sites is 1.